The summed E-state index contributed by atoms with van der Waals surface area (Å²) in [5, 5.41) is 10.0. The van der Waals surface area contributed by atoms with Crippen molar-refractivity contribution in [3.8, 4) is 0 Å². The summed E-state index contributed by atoms with van der Waals surface area (Å²) in [6.45, 7) is 4.74. The van der Waals surface area contributed by atoms with Gasteiger partial charge < -0.3 is 10.0 Å². The van der Waals surface area contributed by atoms with Crippen LogP contribution in [0, 0.1) is 5.92 Å². The molecular formula is C25H34F3N3O5S3. The van der Waals surface area contributed by atoms with Crippen LogP contribution in [-0.2, 0) is 25.6 Å². The van der Waals surface area contributed by atoms with Gasteiger partial charge in [-0.3, -0.25) is 0 Å². The van der Waals surface area contributed by atoms with E-state index in [9.17, 15) is 35.1 Å². The molecule has 1 fully saturated rings. The van der Waals surface area contributed by atoms with Gasteiger partial charge in [0.2, 0.25) is 20.0 Å². The molecule has 0 bridgehead atoms. The fourth-order valence-electron chi connectivity index (χ4n) is 4.48. The van der Waals surface area contributed by atoms with Crippen molar-refractivity contribution in [1.29, 1.82) is 0 Å². The predicted molar refractivity (Wildman–Crippen MR) is 147 cm³/mol. The van der Waals surface area contributed by atoms with E-state index in [2.05, 4.69) is 12.6 Å². The Kier molecular flexibility index (Phi) is 9.40. The molecule has 1 N–H and O–H groups in total. The first-order valence-electron chi connectivity index (χ1n) is 12.2. The molecule has 8 nitrogen and oxygen atoms in total. The molecule has 1 heterocycles. The molecule has 0 aliphatic carbocycles. The van der Waals surface area contributed by atoms with Gasteiger partial charge in [-0.1, -0.05) is 38.1 Å². The highest BCUT2D eigenvalue weighted by Gasteiger charge is 2.51. The monoisotopic (exact) mass is 609 g/mol. The molecule has 218 valence electrons. The number of rotatable bonds is 9. The number of hydrogen-bond acceptors (Lipinski definition) is 7. The van der Waals surface area contributed by atoms with E-state index in [0.717, 1.165) is 6.26 Å². The van der Waals surface area contributed by atoms with Crippen LogP contribution >= 0.6 is 12.6 Å². The Morgan fingerprint density at radius 1 is 1.05 bits per heavy atom. The highest BCUT2D eigenvalue weighted by molar-refractivity contribution is 7.90. The summed E-state index contributed by atoms with van der Waals surface area (Å²) < 4.78 is 94.8. The van der Waals surface area contributed by atoms with Crippen LogP contribution in [0.2, 0.25) is 0 Å². The maximum atomic E-state index is 13.5. The second-order valence-electron chi connectivity index (χ2n) is 10.3. The van der Waals surface area contributed by atoms with Gasteiger partial charge in [-0.25, -0.2) is 16.8 Å². The third-order valence-electron chi connectivity index (χ3n) is 6.69. The molecule has 2 atom stereocenters. The van der Waals surface area contributed by atoms with Gasteiger partial charge in [0, 0.05) is 43.3 Å². The van der Waals surface area contributed by atoms with E-state index in [1.165, 1.54) is 38.9 Å². The number of sulfonamides is 2. The van der Waals surface area contributed by atoms with Gasteiger partial charge in [0.15, 0.2) is 5.60 Å². The fourth-order valence-corrected chi connectivity index (χ4v) is 7.55. The maximum Gasteiger partial charge on any atom is 0.421 e. The highest BCUT2D eigenvalue weighted by Crippen LogP contribution is 2.39. The SMILES string of the molecule is CC(C)CN(C[C@H]1CN(S(=O)(=O)c2ccccc2S)CCN1c1ccc([C@](C)(O)C(F)(F)F)cc1)S(C)(=O)=O. The number of benzene rings is 2. The second kappa shape index (κ2) is 11.6. The molecule has 0 spiro atoms. The molecule has 0 aromatic heterocycles. The zero-order valence-electron chi connectivity index (χ0n) is 22.1. The van der Waals surface area contributed by atoms with E-state index in [4.69, 9.17) is 0 Å². The summed E-state index contributed by atoms with van der Waals surface area (Å²) in [4.78, 5) is 2.10. The van der Waals surface area contributed by atoms with Gasteiger partial charge >= 0.3 is 6.18 Å². The Morgan fingerprint density at radius 3 is 2.15 bits per heavy atom. The van der Waals surface area contributed by atoms with E-state index < -0.39 is 37.9 Å². The third-order valence-corrected chi connectivity index (χ3v) is 10.4. The first kappa shape index (κ1) is 31.7. The molecule has 3 rings (SSSR count). The van der Waals surface area contributed by atoms with Crippen molar-refractivity contribution in [2.75, 3.05) is 43.9 Å². The Hall–Kier alpha value is -1.84. The number of anilines is 1. The highest BCUT2D eigenvalue weighted by atomic mass is 32.2. The van der Waals surface area contributed by atoms with E-state index in [1.54, 1.807) is 23.1 Å². The molecule has 2 aromatic carbocycles. The van der Waals surface area contributed by atoms with Gasteiger partial charge in [-0.15, -0.1) is 12.6 Å². The first-order chi connectivity index (χ1) is 17.9. The maximum absolute atomic E-state index is 13.5. The van der Waals surface area contributed by atoms with Crippen LogP contribution in [-0.4, -0.2) is 81.8 Å². The molecule has 1 aliphatic rings. The summed E-state index contributed by atoms with van der Waals surface area (Å²) in [5.74, 6) is -0.00320. The van der Waals surface area contributed by atoms with Crippen molar-refractivity contribution in [2.45, 2.75) is 48.4 Å². The summed E-state index contributed by atoms with van der Waals surface area (Å²) in [7, 11) is -7.61. The molecule has 1 saturated heterocycles. The van der Waals surface area contributed by atoms with Crippen LogP contribution in [0.1, 0.15) is 26.3 Å². The summed E-state index contributed by atoms with van der Waals surface area (Å²) in [5.41, 5.74) is -2.92. The van der Waals surface area contributed by atoms with Crippen LogP contribution in [0.4, 0.5) is 18.9 Å². The molecule has 2 aromatic rings. The Bertz CT molecular complexity index is 1370. The predicted octanol–water partition coefficient (Wildman–Crippen LogP) is 3.54. The minimum atomic E-state index is -4.88. The smallest absolute Gasteiger partial charge is 0.376 e. The standard InChI is InChI=1S/C25H34F3N3O5S3/c1-18(2)15-30(38(4,33)34)17-21-16-29(39(35,36)23-8-6-5-7-22(23)37)13-14-31(21)20-11-9-19(10-12-20)24(3,32)25(26,27)28/h5-12,18,21,32,37H,13-17H2,1-4H3/t21-,24+/m1/s1. The molecule has 0 saturated carbocycles. The Labute approximate surface area is 233 Å². The van der Waals surface area contributed by atoms with Crippen molar-refractivity contribution in [3.63, 3.8) is 0 Å². The van der Waals surface area contributed by atoms with Crippen molar-refractivity contribution in [2.24, 2.45) is 5.92 Å². The van der Waals surface area contributed by atoms with Crippen molar-refractivity contribution in [3.05, 3.63) is 54.1 Å². The molecule has 0 amide bonds. The molecule has 0 radical (unpaired) electrons. The zero-order valence-corrected chi connectivity index (χ0v) is 24.7. The molecule has 1 aliphatic heterocycles. The minimum absolute atomic E-state index is 0.00320. The lowest BCUT2D eigenvalue weighted by molar-refractivity contribution is -0.258. The van der Waals surface area contributed by atoms with Crippen LogP contribution in [0.3, 0.4) is 0 Å². The van der Waals surface area contributed by atoms with Crippen LogP contribution < -0.4 is 4.90 Å². The topological polar surface area (TPSA) is 98.2 Å². The van der Waals surface area contributed by atoms with E-state index >= 15 is 0 Å². The lowest BCUT2D eigenvalue weighted by Crippen LogP contribution is -2.59. The van der Waals surface area contributed by atoms with Gasteiger partial charge in [0.05, 0.1) is 17.2 Å². The van der Waals surface area contributed by atoms with Crippen molar-refractivity contribution in [1.82, 2.24) is 8.61 Å². The normalized spacial score (nSPS) is 19.5. The van der Waals surface area contributed by atoms with Gasteiger partial charge in [-0.05, 0) is 42.7 Å². The second-order valence-corrected chi connectivity index (χ2v) is 14.6. The van der Waals surface area contributed by atoms with Crippen LogP contribution in [0.15, 0.2) is 58.3 Å². The number of halogens is 3. The zero-order chi connectivity index (χ0) is 29.4. The van der Waals surface area contributed by atoms with E-state index in [1.807, 2.05) is 13.8 Å². The Morgan fingerprint density at radius 2 is 1.64 bits per heavy atom. The van der Waals surface area contributed by atoms with Gasteiger partial charge in [-0.2, -0.15) is 21.8 Å². The molecular weight excluding hydrogens is 575 g/mol. The van der Waals surface area contributed by atoms with Crippen LogP contribution in [0.5, 0.6) is 0 Å². The first-order valence-corrected chi connectivity index (χ1v) is 16.0. The van der Waals surface area contributed by atoms with Crippen molar-refractivity contribution < 1.29 is 35.1 Å². The Balaban J connectivity index is 1.99. The average molecular weight is 610 g/mol. The van der Waals surface area contributed by atoms with E-state index in [-0.39, 0.29) is 54.0 Å². The lowest BCUT2D eigenvalue weighted by atomic mass is 9.95. The summed E-state index contributed by atoms with van der Waals surface area (Å²) >= 11 is 4.29. The van der Waals surface area contributed by atoms with Crippen molar-refractivity contribution >= 4 is 38.4 Å². The van der Waals surface area contributed by atoms with Gasteiger partial charge in [0.1, 0.15) is 0 Å². The molecule has 0 unspecified atom stereocenters. The molecule has 14 heteroatoms. The summed E-state index contributed by atoms with van der Waals surface area (Å²) in [6.07, 6.45) is -3.80. The largest absolute Gasteiger partial charge is 0.421 e. The minimum Gasteiger partial charge on any atom is -0.376 e. The number of piperazine rings is 1. The number of nitrogens with zero attached hydrogens (tertiary/aromatic N) is 3. The third kappa shape index (κ3) is 7.09. The number of aliphatic hydroxyl groups is 1. The summed E-state index contributed by atoms with van der Waals surface area (Å²) in [6, 6.07) is 10.8. The van der Waals surface area contributed by atoms with Gasteiger partial charge in [0.25, 0.3) is 0 Å². The van der Waals surface area contributed by atoms with E-state index in [0.29, 0.717) is 12.6 Å². The average Bonchev–Trinajstić information content (AvgIpc) is 2.82. The molecule has 39 heavy (non-hydrogen) atoms. The van der Waals surface area contributed by atoms with Crippen LogP contribution in [0.25, 0.3) is 0 Å². The fraction of sp³-hybridized carbons (Fsp3) is 0.520. The number of alkyl halides is 3. The lowest BCUT2D eigenvalue weighted by Gasteiger charge is -2.44. The number of thiol groups is 1. The number of hydrogen-bond donors (Lipinski definition) is 2. The quantitative estimate of drug-likeness (QED) is 0.423.